The van der Waals surface area contributed by atoms with Gasteiger partial charge in [0, 0.05) is 69.5 Å². The van der Waals surface area contributed by atoms with Crippen molar-refractivity contribution in [2.24, 2.45) is 20.0 Å². The van der Waals surface area contributed by atoms with Crippen LogP contribution < -0.4 is 19.9 Å². The summed E-state index contributed by atoms with van der Waals surface area (Å²) < 4.78 is 51.4. The number of hydrogen-bond acceptors (Lipinski definition) is 13. The van der Waals surface area contributed by atoms with E-state index in [2.05, 4.69) is 0 Å². The summed E-state index contributed by atoms with van der Waals surface area (Å²) in [6.45, 7) is 0. The fourth-order valence-electron chi connectivity index (χ4n) is 6.73. The lowest BCUT2D eigenvalue weighted by atomic mass is 10.1. The molecule has 0 unspecified atom stereocenters. The molecule has 2 aromatic heterocycles. The maximum Gasteiger partial charge on any atom is 1.07 e. The molecule has 0 amide bonds. The average molecular weight is 837 g/mol. The Balaban J connectivity index is 1.05. The number of hydrogen-bond donors (Lipinski definition) is 0. The molecule has 4 heterocycles. The van der Waals surface area contributed by atoms with E-state index in [1.54, 1.807) is 62.3 Å². The van der Waals surface area contributed by atoms with E-state index >= 15 is 0 Å². The molecule has 2 aliphatic heterocycles. The van der Waals surface area contributed by atoms with Gasteiger partial charge in [-0.2, -0.15) is 0 Å². The highest BCUT2D eigenvalue weighted by atomic mass is 27.3. The van der Waals surface area contributed by atoms with E-state index in [0.717, 1.165) is 11.7 Å². The van der Waals surface area contributed by atoms with Crippen LogP contribution >= 0.6 is 0 Å². The summed E-state index contributed by atoms with van der Waals surface area (Å²) in [6, 6.07) is 40.4. The second kappa shape index (κ2) is 16.8. The van der Waals surface area contributed by atoms with E-state index in [1.165, 1.54) is 0 Å². The van der Waals surface area contributed by atoms with Crippen LogP contribution in [0.4, 0.5) is 23.1 Å². The quantitative estimate of drug-likeness (QED) is 0.125. The van der Waals surface area contributed by atoms with E-state index in [9.17, 15) is 4.79 Å². The third-order valence-electron chi connectivity index (χ3n) is 9.76. The largest absolute Gasteiger partial charge is 1.07 e. The van der Waals surface area contributed by atoms with Gasteiger partial charge in [-0.15, -0.1) is 0 Å². The summed E-state index contributed by atoms with van der Waals surface area (Å²) in [5.74, 6) is 3.04. The van der Waals surface area contributed by atoms with E-state index in [1.807, 2.05) is 103 Å². The molecular formula is C46H30Al2N4O9. The van der Waals surface area contributed by atoms with Crippen LogP contribution in [0.3, 0.4) is 0 Å². The summed E-state index contributed by atoms with van der Waals surface area (Å²) in [4.78, 5) is 30.7. The first-order valence-corrected chi connectivity index (χ1v) is 21.9. The number of para-hydroxylation sites is 4. The van der Waals surface area contributed by atoms with Crippen LogP contribution in [-0.4, -0.2) is 68.6 Å². The molecule has 294 valence electrons. The lowest BCUT2D eigenvalue weighted by Gasteiger charge is -2.22. The molecule has 15 heteroatoms. The topological polar surface area (TPSA) is 148 Å². The van der Waals surface area contributed by atoms with Crippen molar-refractivity contribution in [1.29, 1.82) is 0 Å². The zero-order valence-electron chi connectivity index (χ0n) is 32.2. The summed E-state index contributed by atoms with van der Waals surface area (Å²) in [6.07, 6.45) is 7.41. The predicted molar refractivity (Wildman–Crippen MR) is 234 cm³/mol. The Bertz CT molecular complexity index is 3090. The number of fused-ring (bicyclic) bond motifs is 10. The molecule has 0 saturated carbocycles. The second-order valence-electron chi connectivity index (χ2n) is 13.6. The van der Waals surface area contributed by atoms with Crippen molar-refractivity contribution < 1.29 is 36.4 Å². The summed E-state index contributed by atoms with van der Waals surface area (Å²) in [5, 5.41) is 1.45. The fourth-order valence-corrected chi connectivity index (χ4v) is 10.1. The number of furan rings is 2. The molecule has 0 spiro atoms. The van der Waals surface area contributed by atoms with Crippen LogP contribution in [0.25, 0.3) is 21.9 Å². The minimum absolute atomic E-state index is 0.255. The molecule has 6 aromatic carbocycles. The maximum atomic E-state index is 11.6. The van der Waals surface area contributed by atoms with Gasteiger partial charge < -0.3 is 31.6 Å². The number of benzene rings is 6. The van der Waals surface area contributed by atoms with Gasteiger partial charge in [-0.25, -0.2) is 20.0 Å². The van der Waals surface area contributed by atoms with Crippen LogP contribution in [0, 0.1) is 0 Å². The number of carbonyl (C=O) groups excluding carboxylic acids is 1. The van der Waals surface area contributed by atoms with Gasteiger partial charge in [-0.3, -0.25) is 4.79 Å². The van der Waals surface area contributed by atoms with Crippen molar-refractivity contribution >= 4 is 107 Å². The first-order chi connectivity index (χ1) is 30.1. The monoisotopic (exact) mass is 836 g/mol. The Morgan fingerprint density at radius 1 is 0.492 bits per heavy atom. The molecule has 10 rings (SSSR count). The van der Waals surface area contributed by atoms with Gasteiger partial charge in [-0.1, -0.05) is 54.6 Å². The van der Waals surface area contributed by atoms with Crippen molar-refractivity contribution in [3.05, 3.63) is 161 Å². The predicted octanol–water partition coefficient (Wildman–Crippen LogP) is 10.2. The number of methoxy groups -OCH3 is 1. The van der Waals surface area contributed by atoms with Crippen LogP contribution in [0.2, 0.25) is 0 Å². The van der Waals surface area contributed by atoms with Gasteiger partial charge in [0.25, 0.3) is 0 Å². The Morgan fingerprint density at radius 2 is 0.902 bits per heavy atom. The molecule has 61 heavy (non-hydrogen) atoms. The lowest BCUT2D eigenvalue weighted by Crippen LogP contribution is -2.46. The number of nitrogens with zero attached hydrogens (tertiary/aromatic N) is 4. The molecule has 8 aromatic rings. The molecule has 0 aliphatic carbocycles. The Labute approximate surface area is 358 Å². The van der Waals surface area contributed by atoms with E-state index in [4.69, 9.17) is 51.5 Å². The molecule has 2 aliphatic rings. The van der Waals surface area contributed by atoms with E-state index in [-0.39, 0.29) is 5.88 Å². The zero-order chi connectivity index (χ0) is 41.1. The summed E-state index contributed by atoms with van der Waals surface area (Å²) >= 11 is -6.61. The van der Waals surface area contributed by atoms with Crippen molar-refractivity contribution in [3.8, 4) is 28.7 Å². The van der Waals surface area contributed by atoms with Gasteiger partial charge in [0.2, 0.25) is 11.8 Å². The van der Waals surface area contributed by atoms with E-state index < -0.39 is 30.3 Å². The molecule has 0 atom stereocenters. The van der Waals surface area contributed by atoms with Crippen molar-refractivity contribution in [2.45, 2.75) is 0 Å². The van der Waals surface area contributed by atoms with Gasteiger partial charge in [0.05, 0.1) is 30.1 Å². The number of rotatable bonds is 4. The summed E-state index contributed by atoms with van der Waals surface area (Å²) in [5.41, 5.74) is 5.10. The Kier molecular flexibility index (Phi) is 10.5. The smallest absolute Gasteiger partial charge is 0.589 e. The lowest BCUT2D eigenvalue weighted by molar-refractivity contribution is 0.112. The van der Waals surface area contributed by atoms with Crippen molar-refractivity contribution in [3.63, 3.8) is 0 Å². The minimum Gasteiger partial charge on any atom is -0.589 e. The molecule has 0 radical (unpaired) electrons. The maximum absolute atomic E-state index is 11.6. The van der Waals surface area contributed by atoms with Crippen molar-refractivity contribution in [1.82, 2.24) is 0 Å². The van der Waals surface area contributed by atoms with Gasteiger partial charge in [-0.05, 0) is 72.8 Å². The standard InChI is InChI=1S/C23H18N2O4.C23H16N2O4.2Al.O/c1-28-17-10-11-18-21(12-17)29-23(25-14-16-7-3-5-9-20(16)27)22(18)24-13-15-6-2-4-8-19(15)26;26-14-15-9-10-18-21(11-15)29-23(25-13-17-6-2-4-8-20(17)28)22(18)24-12-16-5-1-3-7-19(16)27;;;/h2-14,26-27H,1H3;1-14,27-28H;;;/q;;2*+2;/p-4/b24-13?,25-14+;24-12?,25-13+;;;. The third kappa shape index (κ3) is 7.96. The molecular weight excluding hydrogens is 806 g/mol. The number of carbonyl (C=O) groups is 1. The van der Waals surface area contributed by atoms with Crippen LogP contribution in [0.1, 0.15) is 32.6 Å². The van der Waals surface area contributed by atoms with Crippen LogP contribution in [0.5, 0.6) is 28.7 Å². The van der Waals surface area contributed by atoms with Crippen LogP contribution in [0.15, 0.2) is 162 Å². The molecule has 13 nitrogen and oxygen atoms in total. The first kappa shape index (κ1) is 38.0. The second-order valence-corrected chi connectivity index (χ2v) is 16.8. The third-order valence-corrected chi connectivity index (χ3v) is 13.3. The van der Waals surface area contributed by atoms with E-state index in [0.29, 0.717) is 90.4 Å². The SMILES string of the molecule is COc1ccc2c3c(oc2c1)/N=C/c1ccccc1[O][Al]([O][Al]1[O]c2ccccc2C=Nc2c(oc4cc(C=O)ccc24)/N=C/c2ccccc2[O]1)[O]c1ccccc1C=N3. The molecule has 0 fully saturated rings. The number of ether oxygens (including phenoxy) is 1. The molecule has 0 N–H and O–H groups in total. The molecule has 0 bridgehead atoms. The average Bonchev–Trinajstić information content (AvgIpc) is 3.83. The van der Waals surface area contributed by atoms with Crippen molar-refractivity contribution in [2.75, 3.05) is 7.11 Å². The van der Waals surface area contributed by atoms with Gasteiger partial charge >= 0.3 is 30.3 Å². The number of aldehydes is 1. The number of aliphatic imine (C=N–C) groups is 4. The summed E-state index contributed by atoms with van der Waals surface area (Å²) in [7, 11) is 1.60. The minimum atomic E-state index is -3.31. The Morgan fingerprint density at radius 3 is 1.34 bits per heavy atom. The van der Waals surface area contributed by atoms with Crippen LogP contribution in [-0.2, 0) is 2.84 Å². The first-order valence-electron chi connectivity index (χ1n) is 19.1. The highest BCUT2D eigenvalue weighted by Crippen LogP contribution is 2.42. The molecule has 0 saturated heterocycles. The highest BCUT2D eigenvalue weighted by molar-refractivity contribution is 6.54. The van der Waals surface area contributed by atoms with Gasteiger partial charge in [0.1, 0.15) is 34.6 Å². The zero-order valence-corrected chi connectivity index (χ0v) is 34.5. The fraction of sp³-hybridized carbons (Fsp3) is 0.0217. The highest BCUT2D eigenvalue weighted by Gasteiger charge is 2.53. The Hall–Kier alpha value is -7.23. The normalized spacial score (nSPS) is 14.4. The van der Waals surface area contributed by atoms with Gasteiger partial charge in [0.15, 0.2) is 0 Å².